The van der Waals surface area contributed by atoms with Crippen molar-refractivity contribution >= 4 is 29.2 Å². The van der Waals surface area contributed by atoms with Crippen LogP contribution in [0.2, 0.25) is 0 Å². The third-order valence-electron chi connectivity index (χ3n) is 4.63. The molecule has 0 saturated carbocycles. The van der Waals surface area contributed by atoms with Gasteiger partial charge in [-0.3, -0.25) is 4.79 Å². The Morgan fingerprint density at radius 3 is 2.75 bits per heavy atom. The Bertz CT molecular complexity index is 791. The molecule has 7 heteroatoms. The number of aromatic nitrogens is 2. The van der Waals surface area contributed by atoms with E-state index in [1.54, 1.807) is 6.33 Å². The largest absolute Gasteiger partial charge is 0.492 e. The van der Waals surface area contributed by atoms with Gasteiger partial charge in [0.1, 0.15) is 22.9 Å². The third kappa shape index (κ3) is 5.61. The second-order valence-corrected chi connectivity index (χ2v) is 8.33. The Labute approximate surface area is 171 Å². The zero-order valence-corrected chi connectivity index (χ0v) is 17.5. The molecule has 6 nitrogen and oxygen atoms in total. The fraction of sp³-hybridized carbons (Fsp3) is 0.476. The molecule has 0 aliphatic carbocycles. The molecule has 0 spiro atoms. The van der Waals surface area contributed by atoms with Gasteiger partial charge in [0, 0.05) is 19.2 Å². The lowest BCUT2D eigenvalue weighted by Gasteiger charge is -2.35. The smallest absolute Gasteiger partial charge is 0.234 e. The van der Waals surface area contributed by atoms with E-state index in [0.29, 0.717) is 29.9 Å². The standard InChI is InChI=1S/C21H28N4O2S/c1-4-27-18-8-6-5-7-17(18)24-20(26)13-28-21-10-19(22-14-23-21)25-11-15(2)9-16(3)12-25/h5-8,10,14-16H,4,9,11-13H2,1-3H3,(H,24,26)/t15-,16-/m0/s1. The number of carbonyl (C=O) groups is 1. The number of amides is 1. The molecule has 2 atom stereocenters. The number of benzene rings is 1. The van der Waals surface area contributed by atoms with E-state index in [0.717, 1.165) is 23.9 Å². The molecule has 0 radical (unpaired) electrons. The Morgan fingerprint density at radius 2 is 2.00 bits per heavy atom. The van der Waals surface area contributed by atoms with E-state index >= 15 is 0 Å². The number of carbonyl (C=O) groups excluding carboxylic acids is 1. The minimum atomic E-state index is -0.0856. The average molecular weight is 401 g/mol. The van der Waals surface area contributed by atoms with Gasteiger partial charge in [0.25, 0.3) is 0 Å². The van der Waals surface area contributed by atoms with Crippen LogP contribution in [-0.4, -0.2) is 41.3 Å². The van der Waals surface area contributed by atoms with E-state index in [1.165, 1.54) is 18.2 Å². The first-order valence-electron chi connectivity index (χ1n) is 9.76. The van der Waals surface area contributed by atoms with Gasteiger partial charge in [0.2, 0.25) is 5.91 Å². The first-order chi connectivity index (χ1) is 13.5. The minimum Gasteiger partial charge on any atom is -0.492 e. The van der Waals surface area contributed by atoms with Crippen molar-refractivity contribution in [3.05, 3.63) is 36.7 Å². The van der Waals surface area contributed by atoms with E-state index in [9.17, 15) is 4.79 Å². The number of hydrogen-bond acceptors (Lipinski definition) is 6. The first kappa shape index (κ1) is 20.5. The fourth-order valence-electron chi connectivity index (χ4n) is 3.61. The summed E-state index contributed by atoms with van der Waals surface area (Å²) in [7, 11) is 0. The molecule has 2 aromatic rings. The normalized spacial score (nSPS) is 19.3. The van der Waals surface area contributed by atoms with Crippen molar-refractivity contribution in [1.29, 1.82) is 0 Å². The lowest BCUT2D eigenvalue weighted by Crippen LogP contribution is -2.39. The van der Waals surface area contributed by atoms with Gasteiger partial charge in [-0.1, -0.05) is 37.7 Å². The highest BCUT2D eigenvalue weighted by atomic mass is 32.2. The Balaban J connectivity index is 1.58. The summed E-state index contributed by atoms with van der Waals surface area (Å²) < 4.78 is 5.55. The van der Waals surface area contributed by atoms with Crippen LogP contribution in [0.25, 0.3) is 0 Å². The van der Waals surface area contributed by atoms with Gasteiger partial charge in [-0.2, -0.15) is 0 Å². The average Bonchev–Trinajstić information content (AvgIpc) is 2.68. The fourth-order valence-corrected chi connectivity index (χ4v) is 4.27. The van der Waals surface area contributed by atoms with E-state index in [1.807, 2.05) is 37.3 Å². The number of nitrogens with one attached hydrogen (secondary N) is 1. The maximum absolute atomic E-state index is 12.4. The van der Waals surface area contributed by atoms with Crippen LogP contribution in [0.15, 0.2) is 41.7 Å². The number of hydrogen-bond donors (Lipinski definition) is 1. The monoisotopic (exact) mass is 400 g/mol. The number of piperidine rings is 1. The summed E-state index contributed by atoms with van der Waals surface area (Å²) in [5.41, 5.74) is 0.689. The van der Waals surface area contributed by atoms with E-state index in [4.69, 9.17) is 4.74 Å². The summed E-state index contributed by atoms with van der Waals surface area (Å²) in [6.45, 7) is 9.07. The topological polar surface area (TPSA) is 67.3 Å². The summed E-state index contributed by atoms with van der Waals surface area (Å²) >= 11 is 1.42. The number of para-hydroxylation sites is 2. The van der Waals surface area contributed by atoms with Crippen molar-refractivity contribution < 1.29 is 9.53 Å². The van der Waals surface area contributed by atoms with Crippen LogP contribution < -0.4 is 15.0 Å². The van der Waals surface area contributed by atoms with Gasteiger partial charge in [0.05, 0.1) is 18.0 Å². The van der Waals surface area contributed by atoms with Crippen LogP contribution in [0, 0.1) is 11.8 Å². The molecule has 1 N–H and O–H groups in total. The van der Waals surface area contributed by atoms with E-state index in [-0.39, 0.29) is 11.7 Å². The van der Waals surface area contributed by atoms with Crippen LogP contribution in [0.4, 0.5) is 11.5 Å². The first-order valence-corrected chi connectivity index (χ1v) is 10.7. The Hall–Kier alpha value is -2.28. The molecule has 2 heterocycles. The summed E-state index contributed by atoms with van der Waals surface area (Å²) in [6.07, 6.45) is 2.84. The minimum absolute atomic E-state index is 0.0856. The predicted octanol–water partition coefficient (Wildman–Crippen LogP) is 4.09. The van der Waals surface area contributed by atoms with Crippen LogP contribution >= 0.6 is 11.8 Å². The van der Waals surface area contributed by atoms with Gasteiger partial charge in [-0.05, 0) is 37.3 Å². The summed E-state index contributed by atoms with van der Waals surface area (Å²) in [5, 5.41) is 3.73. The molecule has 1 aromatic heterocycles. The van der Waals surface area contributed by atoms with Crippen LogP contribution in [0.5, 0.6) is 5.75 Å². The highest BCUT2D eigenvalue weighted by Gasteiger charge is 2.23. The Morgan fingerprint density at radius 1 is 1.25 bits per heavy atom. The van der Waals surface area contributed by atoms with Gasteiger partial charge < -0.3 is 15.0 Å². The summed E-state index contributed by atoms with van der Waals surface area (Å²) in [5.74, 6) is 3.14. The quantitative estimate of drug-likeness (QED) is 0.558. The SMILES string of the molecule is CCOc1ccccc1NC(=O)CSc1cc(N2C[C@@H](C)C[C@H](C)C2)ncn1. The van der Waals surface area contributed by atoms with E-state index < -0.39 is 0 Å². The van der Waals surface area contributed by atoms with Crippen LogP contribution in [-0.2, 0) is 4.79 Å². The van der Waals surface area contributed by atoms with Crippen molar-refractivity contribution in [2.24, 2.45) is 11.8 Å². The van der Waals surface area contributed by atoms with Gasteiger partial charge in [-0.25, -0.2) is 9.97 Å². The van der Waals surface area contributed by atoms with Crippen molar-refractivity contribution in [3.8, 4) is 5.75 Å². The molecule has 28 heavy (non-hydrogen) atoms. The highest BCUT2D eigenvalue weighted by Crippen LogP contribution is 2.27. The molecule has 0 unspecified atom stereocenters. The van der Waals surface area contributed by atoms with Crippen LogP contribution in [0.3, 0.4) is 0 Å². The lowest BCUT2D eigenvalue weighted by molar-refractivity contribution is -0.113. The van der Waals surface area contributed by atoms with Gasteiger partial charge >= 0.3 is 0 Å². The summed E-state index contributed by atoms with van der Waals surface area (Å²) in [6, 6.07) is 9.44. The second kappa shape index (κ2) is 9.78. The van der Waals surface area contributed by atoms with Crippen molar-refractivity contribution in [1.82, 2.24) is 9.97 Å². The number of thioether (sulfide) groups is 1. The van der Waals surface area contributed by atoms with E-state index in [2.05, 4.69) is 34.0 Å². The molecule has 1 aliphatic heterocycles. The molecule has 1 amide bonds. The molecular formula is C21H28N4O2S. The lowest BCUT2D eigenvalue weighted by atomic mass is 9.92. The van der Waals surface area contributed by atoms with Crippen molar-refractivity contribution in [3.63, 3.8) is 0 Å². The predicted molar refractivity (Wildman–Crippen MR) is 114 cm³/mol. The number of rotatable bonds is 7. The Kier molecular flexibility index (Phi) is 7.14. The zero-order chi connectivity index (χ0) is 19.9. The molecule has 1 fully saturated rings. The molecule has 150 valence electrons. The zero-order valence-electron chi connectivity index (χ0n) is 16.7. The molecule has 1 aromatic carbocycles. The van der Waals surface area contributed by atoms with Crippen LogP contribution in [0.1, 0.15) is 27.2 Å². The molecule has 3 rings (SSSR count). The molecule has 0 bridgehead atoms. The van der Waals surface area contributed by atoms with Gasteiger partial charge in [0.15, 0.2) is 0 Å². The van der Waals surface area contributed by atoms with Crippen molar-refractivity contribution in [2.75, 3.05) is 35.7 Å². The number of nitrogens with zero attached hydrogens (tertiary/aromatic N) is 3. The highest BCUT2D eigenvalue weighted by molar-refractivity contribution is 7.99. The molecule has 1 aliphatic rings. The maximum Gasteiger partial charge on any atom is 0.234 e. The third-order valence-corrected chi connectivity index (χ3v) is 5.56. The van der Waals surface area contributed by atoms with Crippen molar-refractivity contribution in [2.45, 2.75) is 32.2 Å². The maximum atomic E-state index is 12.4. The number of ether oxygens (including phenoxy) is 1. The molecule has 1 saturated heterocycles. The molecular weight excluding hydrogens is 372 g/mol. The summed E-state index contributed by atoms with van der Waals surface area (Å²) in [4.78, 5) is 23.5. The second-order valence-electron chi connectivity index (χ2n) is 7.33. The number of anilines is 2. The van der Waals surface area contributed by atoms with Gasteiger partial charge in [-0.15, -0.1) is 0 Å².